The highest BCUT2D eigenvalue weighted by molar-refractivity contribution is 5.77. The summed E-state index contributed by atoms with van der Waals surface area (Å²) in [7, 11) is 0. The van der Waals surface area contributed by atoms with E-state index in [-0.39, 0.29) is 0 Å². The SMILES string of the molecule is CCC(=O)CCCOc1cccc(C)c1. The average Bonchev–Trinajstić information content (AvgIpc) is 2.24. The van der Waals surface area contributed by atoms with Gasteiger partial charge < -0.3 is 4.74 Å². The van der Waals surface area contributed by atoms with Crippen LogP contribution in [0.4, 0.5) is 0 Å². The topological polar surface area (TPSA) is 26.3 Å². The molecule has 2 heteroatoms. The van der Waals surface area contributed by atoms with Gasteiger partial charge in [0.05, 0.1) is 6.61 Å². The highest BCUT2D eigenvalue weighted by Crippen LogP contribution is 2.12. The lowest BCUT2D eigenvalue weighted by molar-refractivity contribution is -0.118. The highest BCUT2D eigenvalue weighted by Gasteiger charge is 1.98. The molecule has 2 nitrogen and oxygen atoms in total. The fourth-order valence-electron chi connectivity index (χ4n) is 1.34. The number of rotatable bonds is 6. The Hall–Kier alpha value is -1.31. The molecular weight excluding hydrogens is 188 g/mol. The lowest BCUT2D eigenvalue weighted by Gasteiger charge is -2.05. The third kappa shape index (κ3) is 4.63. The fraction of sp³-hybridized carbons (Fsp3) is 0.462. The predicted molar refractivity (Wildman–Crippen MR) is 61.2 cm³/mol. The largest absolute Gasteiger partial charge is 0.494 e. The first kappa shape index (κ1) is 11.8. The lowest BCUT2D eigenvalue weighted by Crippen LogP contribution is -2.02. The zero-order valence-corrected chi connectivity index (χ0v) is 9.45. The zero-order chi connectivity index (χ0) is 11.1. The summed E-state index contributed by atoms with van der Waals surface area (Å²) in [5.41, 5.74) is 1.19. The minimum absolute atomic E-state index is 0.308. The van der Waals surface area contributed by atoms with Crippen molar-refractivity contribution in [2.75, 3.05) is 6.61 Å². The maximum absolute atomic E-state index is 11.0. The molecule has 0 atom stereocenters. The quantitative estimate of drug-likeness (QED) is 0.668. The number of Topliss-reactive ketones (excluding diaryl/α,β-unsaturated/α-hetero) is 1. The van der Waals surface area contributed by atoms with Gasteiger partial charge in [-0.25, -0.2) is 0 Å². The fourth-order valence-corrected chi connectivity index (χ4v) is 1.34. The van der Waals surface area contributed by atoms with Gasteiger partial charge in [-0.2, -0.15) is 0 Å². The molecule has 0 aliphatic rings. The van der Waals surface area contributed by atoms with E-state index in [2.05, 4.69) is 0 Å². The number of ketones is 1. The van der Waals surface area contributed by atoms with Crippen molar-refractivity contribution >= 4 is 5.78 Å². The number of hydrogen-bond donors (Lipinski definition) is 0. The molecule has 0 heterocycles. The van der Waals surface area contributed by atoms with E-state index < -0.39 is 0 Å². The van der Waals surface area contributed by atoms with Gasteiger partial charge in [-0.3, -0.25) is 4.79 Å². The van der Waals surface area contributed by atoms with Gasteiger partial charge in [0.15, 0.2) is 0 Å². The van der Waals surface area contributed by atoms with Crippen molar-refractivity contribution in [3.8, 4) is 5.75 Å². The second kappa shape index (κ2) is 6.23. The summed E-state index contributed by atoms with van der Waals surface area (Å²) >= 11 is 0. The summed E-state index contributed by atoms with van der Waals surface area (Å²) in [6, 6.07) is 7.95. The third-order valence-electron chi connectivity index (χ3n) is 2.25. The molecule has 0 N–H and O–H groups in total. The van der Waals surface area contributed by atoms with Crippen LogP contribution in [0.25, 0.3) is 0 Å². The zero-order valence-electron chi connectivity index (χ0n) is 9.45. The molecule has 1 rings (SSSR count). The molecule has 0 spiro atoms. The second-order valence-corrected chi connectivity index (χ2v) is 3.66. The Morgan fingerprint density at radius 3 is 2.87 bits per heavy atom. The maximum atomic E-state index is 11.0. The van der Waals surface area contributed by atoms with Crippen LogP contribution in [0.1, 0.15) is 31.7 Å². The van der Waals surface area contributed by atoms with E-state index in [0.717, 1.165) is 12.2 Å². The maximum Gasteiger partial charge on any atom is 0.132 e. The van der Waals surface area contributed by atoms with E-state index in [1.807, 2.05) is 38.1 Å². The number of carbonyl (C=O) groups is 1. The van der Waals surface area contributed by atoms with Gasteiger partial charge >= 0.3 is 0 Å². The Labute approximate surface area is 91.3 Å². The van der Waals surface area contributed by atoms with Gasteiger partial charge in [0, 0.05) is 12.8 Å². The van der Waals surface area contributed by atoms with Gasteiger partial charge in [0.1, 0.15) is 11.5 Å². The Morgan fingerprint density at radius 2 is 2.20 bits per heavy atom. The summed E-state index contributed by atoms with van der Waals surface area (Å²) in [5, 5.41) is 0. The number of aryl methyl sites for hydroxylation is 1. The number of ether oxygens (including phenoxy) is 1. The first-order chi connectivity index (χ1) is 7.22. The van der Waals surface area contributed by atoms with Crippen LogP contribution in [0.15, 0.2) is 24.3 Å². The van der Waals surface area contributed by atoms with Crippen molar-refractivity contribution in [2.45, 2.75) is 33.1 Å². The monoisotopic (exact) mass is 206 g/mol. The van der Waals surface area contributed by atoms with E-state index >= 15 is 0 Å². The molecule has 0 amide bonds. The molecule has 0 saturated carbocycles. The predicted octanol–water partition coefficient (Wildman–Crippen LogP) is 3.13. The second-order valence-electron chi connectivity index (χ2n) is 3.66. The van der Waals surface area contributed by atoms with Gasteiger partial charge in [-0.1, -0.05) is 19.1 Å². The number of carbonyl (C=O) groups excluding carboxylic acids is 1. The molecule has 0 aliphatic carbocycles. The molecule has 0 saturated heterocycles. The van der Waals surface area contributed by atoms with E-state index in [1.54, 1.807) is 0 Å². The molecular formula is C13H18O2. The molecule has 0 unspecified atom stereocenters. The van der Waals surface area contributed by atoms with Gasteiger partial charge in [-0.05, 0) is 31.0 Å². The van der Waals surface area contributed by atoms with Crippen LogP contribution < -0.4 is 4.74 Å². The minimum atomic E-state index is 0.308. The summed E-state index contributed by atoms with van der Waals surface area (Å²) in [4.78, 5) is 11.0. The molecule has 0 radical (unpaired) electrons. The van der Waals surface area contributed by atoms with E-state index in [0.29, 0.717) is 25.2 Å². The first-order valence-corrected chi connectivity index (χ1v) is 5.43. The van der Waals surface area contributed by atoms with Crippen molar-refractivity contribution < 1.29 is 9.53 Å². The van der Waals surface area contributed by atoms with Crippen LogP contribution in [0, 0.1) is 6.92 Å². The Bertz CT molecular complexity index is 318. The van der Waals surface area contributed by atoms with Crippen LogP contribution in [-0.4, -0.2) is 12.4 Å². The summed E-state index contributed by atoms with van der Waals surface area (Å²) in [5.74, 6) is 1.20. The lowest BCUT2D eigenvalue weighted by atomic mass is 10.2. The van der Waals surface area contributed by atoms with Crippen molar-refractivity contribution in [2.24, 2.45) is 0 Å². The van der Waals surface area contributed by atoms with Crippen LogP contribution in [-0.2, 0) is 4.79 Å². The molecule has 82 valence electrons. The molecule has 0 aromatic heterocycles. The molecule has 0 bridgehead atoms. The van der Waals surface area contributed by atoms with E-state index in [4.69, 9.17) is 4.74 Å². The van der Waals surface area contributed by atoms with Crippen molar-refractivity contribution in [1.82, 2.24) is 0 Å². The normalized spacial score (nSPS) is 10.0. The number of benzene rings is 1. The van der Waals surface area contributed by atoms with Gasteiger partial charge in [0.2, 0.25) is 0 Å². The third-order valence-corrected chi connectivity index (χ3v) is 2.25. The Morgan fingerprint density at radius 1 is 1.40 bits per heavy atom. The molecule has 0 aliphatic heterocycles. The molecule has 1 aromatic rings. The Kier molecular flexibility index (Phi) is 4.88. The van der Waals surface area contributed by atoms with Crippen LogP contribution in [0.5, 0.6) is 5.75 Å². The molecule has 15 heavy (non-hydrogen) atoms. The average molecular weight is 206 g/mol. The standard InChI is InChI=1S/C13H18O2/c1-3-12(14)7-5-9-15-13-8-4-6-11(2)10-13/h4,6,8,10H,3,5,7,9H2,1-2H3. The highest BCUT2D eigenvalue weighted by atomic mass is 16.5. The molecule has 1 aromatic carbocycles. The van der Waals surface area contributed by atoms with Crippen LogP contribution in [0.3, 0.4) is 0 Å². The number of hydrogen-bond acceptors (Lipinski definition) is 2. The van der Waals surface area contributed by atoms with Crippen LogP contribution in [0.2, 0.25) is 0 Å². The first-order valence-electron chi connectivity index (χ1n) is 5.43. The van der Waals surface area contributed by atoms with Gasteiger partial charge in [0.25, 0.3) is 0 Å². The van der Waals surface area contributed by atoms with Crippen molar-refractivity contribution in [3.05, 3.63) is 29.8 Å². The minimum Gasteiger partial charge on any atom is -0.494 e. The van der Waals surface area contributed by atoms with Crippen LogP contribution >= 0.6 is 0 Å². The summed E-state index contributed by atoms with van der Waals surface area (Å²) in [6.07, 6.45) is 2.06. The summed E-state index contributed by atoms with van der Waals surface area (Å²) < 4.78 is 5.53. The smallest absolute Gasteiger partial charge is 0.132 e. The van der Waals surface area contributed by atoms with E-state index in [9.17, 15) is 4.79 Å². The summed E-state index contributed by atoms with van der Waals surface area (Å²) in [6.45, 7) is 4.55. The van der Waals surface area contributed by atoms with Crippen molar-refractivity contribution in [3.63, 3.8) is 0 Å². The Balaban J connectivity index is 2.23. The molecule has 0 fully saturated rings. The van der Waals surface area contributed by atoms with E-state index in [1.165, 1.54) is 5.56 Å². The van der Waals surface area contributed by atoms with Crippen molar-refractivity contribution in [1.29, 1.82) is 0 Å². The van der Waals surface area contributed by atoms with Gasteiger partial charge in [-0.15, -0.1) is 0 Å².